The lowest BCUT2D eigenvalue weighted by molar-refractivity contribution is -0.333. The van der Waals surface area contributed by atoms with Crippen molar-refractivity contribution >= 4 is 11.9 Å². The predicted octanol–water partition coefficient (Wildman–Crippen LogP) is 1.56. The molecule has 2 aliphatic rings. The summed E-state index contributed by atoms with van der Waals surface area (Å²) in [6.45, 7) is 1.52. The zero-order valence-corrected chi connectivity index (χ0v) is 17.7. The lowest BCUT2D eigenvalue weighted by atomic mass is 9.95. The number of methoxy groups -OCH3 is 1. The number of fused-ring (bicyclic) bond motifs is 1. The average molecular weight is 443 g/mol. The molecule has 2 N–H and O–H groups in total. The van der Waals surface area contributed by atoms with Crippen LogP contribution >= 0.6 is 0 Å². The number of ether oxygens (including phenoxy) is 5. The molecule has 0 aromatic heterocycles. The molecule has 9 nitrogen and oxygen atoms in total. The van der Waals surface area contributed by atoms with Crippen LogP contribution in [0.3, 0.4) is 0 Å². The van der Waals surface area contributed by atoms with Gasteiger partial charge in [-0.05, 0) is 24.3 Å². The van der Waals surface area contributed by atoms with Crippen molar-refractivity contribution in [1.29, 1.82) is 0 Å². The summed E-state index contributed by atoms with van der Waals surface area (Å²) < 4.78 is 28.4. The Hall–Kier alpha value is -2.98. The molecule has 0 saturated carbocycles. The van der Waals surface area contributed by atoms with Crippen molar-refractivity contribution in [3.05, 3.63) is 65.7 Å². The maximum absolute atomic E-state index is 11.8. The second-order valence-corrected chi connectivity index (χ2v) is 7.57. The molecular weight excluding hydrogens is 418 g/mol. The number of hydrogen-bond acceptors (Lipinski definition) is 8. The number of esters is 1. The van der Waals surface area contributed by atoms with E-state index < -0.39 is 42.9 Å². The maximum atomic E-state index is 11.8. The van der Waals surface area contributed by atoms with Crippen LogP contribution in [0.4, 0.5) is 0 Å². The van der Waals surface area contributed by atoms with E-state index in [1.165, 1.54) is 14.0 Å². The molecular formula is C23H25NO8. The molecule has 9 heteroatoms. The van der Waals surface area contributed by atoms with Gasteiger partial charge < -0.3 is 34.1 Å². The minimum atomic E-state index is -1.10. The quantitative estimate of drug-likeness (QED) is 0.670. The van der Waals surface area contributed by atoms with E-state index in [0.29, 0.717) is 11.3 Å². The summed E-state index contributed by atoms with van der Waals surface area (Å²) in [5.41, 5.74) is 1.18. The summed E-state index contributed by atoms with van der Waals surface area (Å²) >= 11 is 0. The molecule has 0 spiro atoms. The van der Waals surface area contributed by atoms with Gasteiger partial charge in [0.1, 0.15) is 30.1 Å². The van der Waals surface area contributed by atoms with Crippen LogP contribution in [0.15, 0.2) is 54.6 Å². The molecule has 32 heavy (non-hydrogen) atoms. The molecule has 2 aromatic carbocycles. The summed E-state index contributed by atoms with van der Waals surface area (Å²) in [5, 5.41) is 13.8. The lowest BCUT2D eigenvalue weighted by Crippen LogP contribution is -2.67. The Morgan fingerprint density at radius 3 is 2.44 bits per heavy atom. The molecule has 2 aliphatic heterocycles. The van der Waals surface area contributed by atoms with Gasteiger partial charge in [-0.15, -0.1) is 0 Å². The van der Waals surface area contributed by atoms with Crippen molar-refractivity contribution in [1.82, 2.24) is 5.32 Å². The standard InChI is InChI=1S/C23H25NO8/c1-13(25)24-18-19(26)20-17(12-29-22(32-20)15-6-4-3-5-7-15)31-23(18)30-16-10-8-14(9-11-16)21(27)28-2/h3-11,17-20,22-23,26H,12H2,1-2H3,(H,24,25). The minimum Gasteiger partial charge on any atom is -0.465 e. The molecule has 2 aromatic rings. The number of hydrogen-bond donors (Lipinski definition) is 2. The summed E-state index contributed by atoms with van der Waals surface area (Å²) in [6, 6.07) is 14.8. The van der Waals surface area contributed by atoms with Crippen molar-refractivity contribution in [3.63, 3.8) is 0 Å². The molecule has 0 radical (unpaired) electrons. The van der Waals surface area contributed by atoms with Gasteiger partial charge in [0.15, 0.2) is 6.29 Å². The zero-order valence-electron chi connectivity index (χ0n) is 17.7. The first kappa shape index (κ1) is 22.2. The zero-order chi connectivity index (χ0) is 22.7. The molecule has 0 aliphatic carbocycles. The van der Waals surface area contributed by atoms with E-state index in [2.05, 4.69) is 10.1 Å². The highest BCUT2D eigenvalue weighted by atomic mass is 16.7. The van der Waals surface area contributed by atoms with Gasteiger partial charge in [0, 0.05) is 12.5 Å². The van der Waals surface area contributed by atoms with Gasteiger partial charge in [0.2, 0.25) is 12.2 Å². The number of carbonyl (C=O) groups is 2. The Labute approximate surface area is 185 Å². The Kier molecular flexibility index (Phi) is 6.71. The van der Waals surface area contributed by atoms with Gasteiger partial charge >= 0.3 is 5.97 Å². The Morgan fingerprint density at radius 2 is 1.78 bits per heavy atom. The van der Waals surface area contributed by atoms with Crippen molar-refractivity contribution in [2.24, 2.45) is 0 Å². The molecule has 2 saturated heterocycles. The second kappa shape index (κ2) is 9.66. The molecule has 0 bridgehead atoms. The van der Waals surface area contributed by atoms with Crippen LogP contribution in [-0.4, -0.2) is 61.3 Å². The maximum Gasteiger partial charge on any atom is 0.337 e. The summed E-state index contributed by atoms with van der Waals surface area (Å²) in [5.74, 6) is -0.426. The average Bonchev–Trinajstić information content (AvgIpc) is 2.82. The lowest BCUT2D eigenvalue weighted by Gasteiger charge is -2.47. The van der Waals surface area contributed by atoms with Crippen molar-refractivity contribution in [2.75, 3.05) is 13.7 Å². The van der Waals surface area contributed by atoms with Crippen LogP contribution in [0, 0.1) is 0 Å². The topological polar surface area (TPSA) is 113 Å². The van der Waals surface area contributed by atoms with Crippen LogP contribution < -0.4 is 10.1 Å². The van der Waals surface area contributed by atoms with E-state index in [0.717, 1.165) is 5.56 Å². The number of aliphatic hydroxyl groups is 1. The largest absolute Gasteiger partial charge is 0.465 e. The van der Waals surface area contributed by atoms with Gasteiger partial charge in [-0.3, -0.25) is 4.79 Å². The number of benzene rings is 2. The monoisotopic (exact) mass is 443 g/mol. The Balaban J connectivity index is 1.50. The van der Waals surface area contributed by atoms with Crippen molar-refractivity contribution < 1.29 is 38.4 Å². The number of nitrogens with one attached hydrogen (secondary N) is 1. The van der Waals surface area contributed by atoms with Crippen molar-refractivity contribution in [2.45, 2.75) is 43.9 Å². The summed E-state index contributed by atoms with van der Waals surface area (Å²) in [7, 11) is 1.30. The molecule has 170 valence electrons. The van der Waals surface area contributed by atoms with Crippen LogP contribution in [0.2, 0.25) is 0 Å². The third kappa shape index (κ3) is 4.76. The van der Waals surface area contributed by atoms with E-state index in [-0.39, 0.29) is 12.5 Å². The first-order valence-corrected chi connectivity index (χ1v) is 10.2. The van der Waals surface area contributed by atoms with E-state index in [1.54, 1.807) is 24.3 Å². The highest BCUT2D eigenvalue weighted by molar-refractivity contribution is 5.89. The Morgan fingerprint density at radius 1 is 1.06 bits per heavy atom. The van der Waals surface area contributed by atoms with Gasteiger partial charge in [-0.1, -0.05) is 30.3 Å². The highest BCUT2D eigenvalue weighted by Gasteiger charge is 2.50. The fourth-order valence-electron chi connectivity index (χ4n) is 3.78. The van der Waals surface area contributed by atoms with Crippen LogP contribution in [0.5, 0.6) is 5.75 Å². The fourth-order valence-corrected chi connectivity index (χ4v) is 3.78. The fraction of sp³-hybridized carbons (Fsp3) is 0.391. The van der Waals surface area contributed by atoms with Gasteiger partial charge in [-0.25, -0.2) is 4.79 Å². The van der Waals surface area contributed by atoms with Crippen LogP contribution in [0.25, 0.3) is 0 Å². The van der Waals surface area contributed by atoms with Gasteiger partial charge in [-0.2, -0.15) is 0 Å². The number of amides is 1. The third-order valence-electron chi connectivity index (χ3n) is 5.34. The molecule has 2 fully saturated rings. The number of rotatable bonds is 5. The smallest absolute Gasteiger partial charge is 0.337 e. The van der Waals surface area contributed by atoms with Crippen molar-refractivity contribution in [3.8, 4) is 5.75 Å². The molecule has 4 rings (SSSR count). The highest BCUT2D eigenvalue weighted by Crippen LogP contribution is 2.34. The van der Waals surface area contributed by atoms with E-state index >= 15 is 0 Å². The first-order chi connectivity index (χ1) is 15.5. The molecule has 2 heterocycles. The van der Waals surface area contributed by atoms with Gasteiger partial charge in [0.05, 0.1) is 19.3 Å². The molecule has 6 unspecified atom stereocenters. The minimum absolute atomic E-state index is 0.176. The molecule has 1 amide bonds. The second-order valence-electron chi connectivity index (χ2n) is 7.57. The van der Waals surface area contributed by atoms with E-state index in [4.69, 9.17) is 18.9 Å². The summed E-state index contributed by atoms with van der Waals surface area (Å²) in [4.78, 5) is 23.4. The predicted molar refractivity (Wildman–Crippen MR) is 111 cm³/mol. The van der Waals surface area contributed by atoms with E-state index in [1.807, 2.05) is 30.3 Å². The first-order valence-electron chi connectivity index (χ1n) is 10.2. The van der Waals surface area contributed by atoms with E-state index in [9.17, 15) is 14.7 Å². The van der Waals surface area contributed by atoms with Crippen LogP contribution in [-0.2, 0) is 23.7 Å². The molecule has 6 atom stereocenters. The Bertz CT molecular complexity index is 935. The number of aliphatic hydroxyl groups excluding tert-OH is 1. The number of carbonyl (C=O) groups excluding carboxylic acids is 2. The SMILES string of the molecule is COC(=O)c1ccc(OC2OC3COC(c4ccccc4)OC3C(O)C2NC(C)=O)cc1. The summed E-state index contributed by atoms with van der Waals surface area (Å²) in [6.07, 6.45) is -4.09. The van der Waals surface area contributed by atoms with Gasteiger partial charge in [0.25, 0.3) is 0 Å². The van der Waals surface area contributed by atoms with Crippen LogP contribution in [0.1, 0.15) is 29.1 Å². The normalized spacial score (nSPS) is 29.5. The third-order valence-corrected chi connectivity index (χ3v) is 5.34.